The maximum Gasteiger partial charge on any atom is 0.410 e. The van der Waals surface area contributed by atoms with Crippen LogP contribution in [0.4, 0.5) is 9.18 Å². The van der Waals surface area contributed by atoms with Crippen LogP contribution in [0.1, 0.15) is 12.0 Å². The van der Waals surface area contributed by atoms with Gasteiger partial charge in [0.15, 0.2) is 0 Å². The zero-order valence-electron chi connectivity index (χ0n) is 10.7. The number of alkyl halides is 1. The Morgan fingerprint density at radius 2 is 2.11 bits per heavy atom. The molecule has 0 bridgehead atoms. The van der Waals surface area contributed by atoms with E-state index >= 15 is 0 Å². The summed E-state index contributed by atoms with van der Waals surface area (Å²) in [6, 6.07) is 9.33. The highest BCUT2D eigenvalue weighted by Crippen LogP contribution is 2.19. The summed E-state index contributed by atoms with van der Waals surface area (Å²) >= 11 is 0. The Morgan fingerprint density at radius 3 is 2.79 bits per heavy atom. The molecule has 2 rings (SSSR count). The molecule has 1 fully saturated rings. The van der Waals surface area contributed by atoms with Gasteiger partial charge in [0, 0.05) is 19.1 Å². The standard InChI is InChI=1S/C14H18FNO3/c15-13-6-12(9-17)7-16(8-13)14(18)19-10-11-4-2-1-3-5-11/h1-5,12-13,17H,6-10H2/t12-,13+/m0/s1. The van der Waals surface area contributed by atoms with E-state index in [2.05, 4.69) is 0 Å². The van der Waals surface area contributed by atoms with Crippen molar-refractivity contribution in [3.8, 4) is 0 Å². The molecule has 0 aliphatic carbocycles. The van der Waals surface area contributed by atoms with Gasteiger partial charge in [-0.2, -0.15) is 0 Å². The molecule has 5 heteroatoms. The maximum atomic E-state index is 13.4. The zero-order valence-corrected chi connectivity index (χ0v) is 10.7. The molecule has 1 saturated heterocycles. The number of benzene rings is 1. The highest BCUT2D eigenvalue weighted by molar-refractivity contribution is 5.67. The van der Waals surface area contributed by atoms with Gasteiger partial charge >= 0.3 is 6.09 Å². The average Bonchev–Trinajstić information content (AvgIpc) is 2.45. The van der Waals surface area contributed by atoms with Crippen LogP contribution in [-0.4, -0.2) is 42.0 Å². The van der Waals surface area contributed by atoms with E-state index in [-0.39, 0.29) is 25.7 Å². The molecule has 19 heavy (non-hydrogen) atoms. The van der Waals surface area contributed by atoms with Crippen molar-refractivity contribution in [2.75, 3.05) is 19.7 Å². The van der Waals surface area contributed by atoms with Crippen molar-refractivity contribution in [2.45, 2.75) is 19.2 Å². The molecule has 1 aliphatic heterocycles. The average molecular weight is 267 g/mol. The molecule has 1 N–H and O–H groups in total. The molecule has 1 aromatic carbocycles. The first-order chi connectivity index (χ1) is 9.19. The largest absolute Gasteiger partial charge is 0.445 e. The van der Waals surface area contributed by atoms with E-state index in [0.29, 0.717) is 13.0 Å². The highest BCUT2D eigenvalue weighted by Gasteiger charge is 2.30. The van der Waals surface area contributed by atoms with Crippen LogP contribution in [0, 0.1) is 5.92 Å². The van der Waals surface area contributed by atoms with Crippen molar-refractivity contribution >= 4 is 6.09 Å². The summed E-state index contributed by atoms with van der Waals surface area (Å²) in [7, 11) is 0. The number of hydrogen-bond acceptors (Lipinski definition) is 3. The maximum absolute atomic E-state index is 13.4. The number of ether oxygens (including phenoxy) is 1. The Kier molecular flexibility index (Phi) is 4.74. The van der Waals surface area contributed by atoms with Gasteiger partial charge in [-0.3, -0.25) is 0 Å². The Hall–Kier alpha value is -1.62. The first-order valence-corrected chi connectivity index (χ1v) is 6.39. The smallest absolute Gasteiger partial charge is 0.410 e. The zero-order chi connectivity index (χ0) is 13.7. The minimum Gasteiger partial charge on any atom is -0.445 e. The van der Waals surface area contributed by atoms with Gasteiger partial charge in [0.05, 0.1) is 6.54 Å². The number of rotatable bonds is 3. The number of carbonyl (C=O) groups excluding carboxylic acids is 1. The molecule has 0 unspecified atom stereocenters. The van der Waals surface area contributed by atoms with Gasteiger partial charge in [0.25, 0.3) is 0 Å². The molecule has 4 nitrogen and oxygen atoms in total. The van der Waals surface area contributed by atoms with E-state index in [1.165, 1.54) is 4.90 Å². The summed E-state index contributed by atoms with van der Waals surface area (Å²) in [5, 5.41) is 9.07. The Morgan fingerprint density at radius 1 is 1.37 bits per heavy atom. The Bertz CT molecular complexity index is 412. The molecule has 1 heterocycles. The number of piperidine rings is 1. The van der Waals surface area contributed by atoms with Crippen LogP contribution in [-0.2, 0) is 11.3 Å². The van der Waals surface area contributed by atoms with Gasteiger partial charge in [0.2, 0.25) is 0 Å². The predicted octanol–water partition coefficient (Wildman–Crippen LogP) is 1.98. The van der Waals surface area contributed by atoms with Crippen molar-refractivity contribution in [2.24, 2.45) is 5.92 Å². The Balaban J connectivity index is 1.85. The summed E-state index contributed by atoms with van der Waals surface area (Å²) < 4.78 is 18.6. The second-order valence-electron chi connectivity index (χ2n) is 4.83. The normalized spacial score (nSPS) is 23.2. The fourth-order valence-corrected chi connectivity index (χ4v) is 2.23. The number of carbonyl (C=O) groups is 1. The third-order valence-corrected chi connectivity index (χ3v) is 3.21. The second-order valence-corrected chi connectivity index (χ2v) is 4.83. The minimum absolute atomic E-state index is 0.0458. The fraction of sp³-hybridized carbons (Fsp3) is 0.500. The highest BCUT2D eigenvalue weighted by atomic mass is 19.1. The second kappa shape index (κ2) is 6.52. The van der Waals surface area contributed by atoms with E-state index in [4.69, 9.17) is 9.84 Å². The van der Waals surface area contributed by atoms with Gasteiger partial charge in [-0.05, 0) is 12.0 Å². The molecule has 2 atom stereocenters. The van der Waals surface area contributed by atoms with Crippen LogP contribution in [0.3, 0.4) is 0 Å². The van der Waals surface area contributed by atoms with Crippen LogP contribution in [0.25, 0.3) is 0 Å². The van der Waals surface area contributed by atoms with Crippen molar-refractivity contribution in [1.29, 1.82) is 0 Å². The number of hydrogen-bond donors (Lipinski definition) is 1. The van der Waals surface area contributed by atoms with E-state index in [9.17, 15) is 9.18 Å². The minimum atomic E-state index is -1.09. The number of nitrogens with zero attached hydrogens (tertiary/aromatic N) is 1. The lowest BCUT2D eigenvalue weighted by Gasteiger charge is -2.33. The third kappa shape index (κ3) is 3.92. The molecule has 0 spiro atoms. The summed E-state index contributed by atoms with van der Waals surface area (Å²) in [5.41, 5.74) is 0.892. The van der Waals surface area contributed by atoms with Gasteiger partial charge in [-0.15, -0.1) is 0 Å². The number of aliphatic hydroxyl groups excluding tert-OH is 1. The first kappa shape index (κ1) is 13.8. The van der Waals surface area contributed by atoms with Gasteiger partial charge in [-0.25, -0.2) is 9.18 Å². The quantitative estimate of drug-likeness (QED) is 0.911. The molecule has 1 aliphatic rings. The molecule has 1 amide bonds. The predicted molar refractivity (Wildman–Crippen MR) is 68.3 cm³/mol. The van der Waals surface area contributed by atoms with Crippen LogP contribution < -0.4 is 0 Å². The van der Waals surface area contributed by atoms with Gasteiger partial charge in [0.1, 0.15) is 12.8 Å². The summed E-state index contributed by atoms with van der Waals surface area (Å²) in [4.78, 5) is 13.2. The molecular weight excluding hydrogens is 249 g/mol. The summed E-state index contributed by atoms with van der Waals surface area (Å²) in [5.74, 6) is -0.201. The van der Waals surface area contributed by atoms with Crippen molar-refractivity contribution in [1.82, 2.24) is 4.90 Å². The third-order valence-electron chi connectivity index (χ3n) is 3.21. The van der Waals surface area contributed by atoms with Crippen molar-refractivity contribution in [3.05, 3.63) is 35.9 Å². The van der Waals surface area contributed by atoms with Crippen molar-refractivity contribution in [3.63, 3.8) is 0 Å². The van der Waals surface area contributed by atoms with Crippen molar-refractivity contribution < 1.29 is 19.0 Å². The summed E-state index contributed by atoms with van der Waals surface area (Å²) in [6.07, 6.45) is -1.31. The monoisotopic (exact) mass is 267 g/mol. The number of aliphatic hydroxyl groups is 1. The van der Waals surface area contributed by atoms with Crippen LogP contribution in [0.15, 0.2) is 30.3 Å². The molecule has 0 saturated carbocycles. The SMILES string of the molecule is O=C(OCc1ccccc1)N1C[C@H](F)C[C@H](CO)C1. The molecular formula is C14H18FNO3. The topological polar surface area (TPSA) is 49.8 Å². The van der Waals surface area contributed by atoms with E-state index < -0.39 is 12.3 Å². The van der Waals surface area contributed by atoms with Crippen LogP contribution >= 0.6 is 0 Å². The fourth-order valence-electron chi connectivity index (χ4n) is 2.23. The molecule has 1 aromatic rings. The van der Waals surface area contributed by atoms with E-state index in [1.54, 1.807) is 0 Å². The lowest BCUT2D eigenvalue weighted by molar-refractivity contribution is 0.0416. The van der Waals surface area contributed by atoms with Crippen LogP contribution in [0.5, 0.6) is 0 Å². The van der Waals surface area contributed by atoms with E-state index in [1.807, 2.05) is 30.3 Å². The van der Waals surface area contributed by atoms with Gasteiger partial charge in [-0.1, -0.05) is 30.3 Å². The Labute approximate surface area is 111 Å². The molecule has 0 radical (unpaired) electrons. The lowest BCUT2D eigenvalue weighted by Crippen LogP contribution is -2.46. The molecule has 0 aromatic heterocycles. The number of halogens is 1. The summed E-state index contributed by atoms with van der Waals surface area (Å²) in [6.45, 7) is 0.467. The van der Waals surface area contributed by atoms with Gasteiger partial charge < -0.3 is 14.7 Å². The lowest BCUT2D eigenvalue weighted by atomic mass is 9.98. The molecule has 104 valence electrons. The first-order valence-electron chi connectivity index (χ1n) is 6.39. The van der Waals surface area contributed by atoms with Crippen LogP contribution in [0.2, 0.25) is 0 Å². The number of likely N-dealkylation sites (tertiary alicyclic amines) is 1. The van der Waals surface area contributed by atoms with E-state index in [0.717, 1.165) is 5.56 Å². The number of amides is 1.